The molecule has 0 amide bonds. The van der Waals surface area contributed by atoms with E-state index < -0.39 is 0 Å². The molecule has 1 rings (SSSR count). The second-order valence-electron chi connectivity index (χ2n) is 3.56. The minimum atomic E-state index is 0.525. The Kier molecular flexibility index (Phi) is 3.91. The van der Waals surface area contributed by atoms with Crippen LogP contribution in [0.1, 0.15) is 33.6 Å². The SMILES string of the molecule is CCN1CCSCC1(CC)CC. The van der Waals surface area contributed by atoms with Crippen LogP contribution in [0.25, 0.3) is 0 Å². The van der Waals surface area contributed by atoms with Crippen LogP contribution in [0.2, 0.25) is 0 Å². The summed E-state index contributed by atoms with van der Waals surface area (Å²) >= 11 is 2.13. The molecular weight excluding hydrogens is 166 g/mol. The van der Waals surface area contributed by atoms with E-state index in [1.165, 1.54) is 37.4 Å². The molecule has 1 aliphatic heterocycles. The van der Waals surface area contributed by atoms with Gasteiger partial charge in [0, 0.05) is 23.6 Å². The maximum absolute atomic E-state index is 2.67. The smallest absolute Gasteiger partial charge is 0.0294 e. The Morgan fingerprint density at radius 3 is 2.33 bits per heavy atom. The van der Waals surface area contributed by atoms with Gasteiger partial charge in [-0.15, -0.1) is 0 Å². The van der Waals surface area contributed by atoms with Crippen molar-refractivity contribution in [2.24, 2.45) is 0 Å². The van der Waals surface area contributed by atoms with Gasteiger partial charge in [0.2, 0.25) is 0 Å². The standard InChI is InChI=1S/C10H21NS/c1-4-10(5-2)9-12-8-7-11(10)6-3/h4-9H2,1-3H3. The zero-order chi connectivity index (χ0) is 9.03. The monoisotopic (exact) mass is 187 g/mol. The topological polar surface area (TPSA) is 3.24 Å². The zero-order valence-electron chi connectivity index (χ0n) is 8.60. The first-order chi connectivity index (χ1) is 5.79. The average molecular weight is 187 g/mol. The number of thioether (sulfide) groups is 1. The minimum Gasteiger partial charge on any atom is -0.296 e. The summed E-state index contributed by atoms with van der Waals surface area (Å²) in [5.74, 6) is 2.67. The van der Waals surface area contributed by atoms with Gasteiger partial charge in [-0.2, -0.15) is 11.8 Å². The molecule has 0 aromatic rings. The molecular formula is C10H21NS. The van der Waals surface area contributed by atoms with E-state index in [1.807, 2.05) is 0 Å². The Morgan fingerprint density at radius 1 is 1.25 bits per heavy atom. The fourth-order valence-electron chi connectivity index (χ4n) is 2.16. The number of rotatable bonds is 3. The summed E-state index contributed by atoms with van der Waals surface area (Å²) in [6.07, 6.45) is 2.62. The quantitative estimate of drug-likeness (QED) is 0.668. The lowest BCUT2D eigenvalue weighted by atomic mass is 9.92. The summed E-state index contributed by atoms with van der Waals surface area (Å²) in [7, 11) is 0. The van der Waals surface area contributed by atoms with E-state index in [4.69, 9.17) is 0 Å². The fourth-order valence-corrected chi connectivity index (χ4v) is 3.62. The molecule has 0 N–H and O–H groups in total. The molecule has 1 saturated heterocycles. The molecule has 1 aliphatic rings. The molecule has 0 aromatic carbocycles. The third-order valence-corrected chi connectivity index (χ3v) is 4.46. The first kappa shape index (κ1) is 10.4. The molecule has 0 aromatic heterocycles. The van der Waals surface area contributed by atoms with Crippen LogP contribution in [0.5, 0.6) is 0 Å². The highest BCUT2D eigenvalue weighted by atomic mass is 32.2. The largest absolute Gasteiger partial charge is 0.296 e. The lowest BCUT2D eigenvalue weighted by molar-refractivity contribution is 0.108. The predicted molar refractivity (Wildman–Crippen MR) is 57.9 cm³/mol. The van der Waals surface area contributed by atoms with Crippen LogP contribution in [0.3, 0.4) is 0 Å². The van der Waals surface area contributed by atoms with E-state index in [0.717, 1.165) is 0 Å². The van der Waals surface area contributed by atoms with Crippen molar-refractivity contribution in [3.63, 3.8) is 0 Å². The summed E-state index contributed by atoms with van der Waals surface area (Å²) in [5, 5.41) is 0. The maximum Gasteiger partial charge on any atom is 0.0294 e. The lowest BCUT2D eigenvalue weighted by Crippen LogP contribution is -2.53. The molecule has 1 nitrogen and oxygen atoms in total. The van der Waals surface area contributed by atoms with Gasteiger partial charge in [-0.05, 0) is 19.4 Å². The summed E-state index contributed by atoms with van der Waals surface area (Å²) in [4.78, 5) is 2.67. The van der Waals surface area contributed by atoms with Gasteiger partial charge in [0.1, 0.15) is 0 Å². The Hall–Kier alpha value is 0.310. The van der Waals surface area contributed by atoms with Gasteiger partial charge in [-0.1, -0.05) is 20.8 Å². The van der Waals surface area contributed by atoms with Crippen molar-refractivity contribution in [2.45, 2.75) is 39.2 Å². The summed E-state index contributed by atoms with van der Waals surface area (Å²) < 4.78 is 0. The molecule has 0 spiro atoms. The second-order valence-corrected chi connectivity index (χ2v) is 4.67. The molecule has 0 saturated carbocycles. The van der Waals surface area contributed by atoms with Gasteiger partial charge in [0.05, 0.1) is 0 Å². The van der Waals surface area contributed by atoms with Crippen LogP contribution >= 0.6 is 11.8 Å². The van der Waals surface area contributed by atoms with Gasteiger partial charge >= 0.3 is 0 Å². The van der Waals surface area contributed by atoms with Crippen LogP contribution in [-0.2, 0) is 0 Å². The zero-order valence-corrected chi connectivity index (χ0v) is 9.41. The Balaban J connectivity index is 2.66. The van der Waals surface area contributed by atoms with Crippen molar-refractivity contribution in [2.75, 3.05) is 24.6 Å². The van der Waals surface area contributed by atoms with Crippen LogP contribution < -0.4 is 0 Å². The van der Waals surface area contributed by atoms with Crippen molar-refractivity contribution in [1.82, 2.24) is 4.90 Å². The van der Waals surface area contributed by atoms with Crippen molar-refractivity contribution in [3.05, 3.63) is 0 Å². The minimum absolute atomic E-state index is 0.525. The van der Waals surface area contributed by atoms with E-state index >= 15 is 0 Å². The molecule has 72 valence electrons. The van der Waals surface area contributed by atoms with Crippen LogP contribution in [-0.4, -0.2) is 35.0 Å². The van der Waals surface area contributed by atoms with Crippen LogP contribution in [0, 0.1) is 0 Å². The van der Waals surface area contributed by atoms with E-state index in [1.54, 1.807) is 0 Å². The molecule has 12 heavy (non-hydrogen) atoms. The molecule has 0 atom stereocenters. The van der Waals surface area contributed by atoms with Crippen LogP contribution in [0.4, 0.5) is 0 Å². The molecule has 0 bridgehead atoms. The van der Waals surface area contributed by atoms with E-state index in [2.05, 4.69) is 37.4 Å². The summed E-state index contributed by atoms with van der Waals surface area (Å²) in [6, 6.07) is 0. The third kappa shape index (κ3) is 1.80. The van der Waals surface area contributed by atoms with Gasteiger partial charge in [0.15, 0.2) is 0 Å². The van der Waals surface area contributed by atoms with Crippen molar-refractivity contribution in [3.8, 4) is 0 Å². The Labute approximate surface area is 80.9 Å². The molecule has 1 fully saturated rings. The normalized spacial score (nSPS) is 24.2. The number of hydrogen-bond donors (Lipinski definition) is 0. The summed E-state index contributed by atoms with van der Waals surface area (Å²) in [5.41, 5.74) is 0.525. The average Bonchev–Trinajstić information content (AvgIpc) is 2.17. The third-order valence-electron chi connectivity index (χ3n) is 3.25. The van der Waals surface area contributed by atoms with Gasteiger partial charge in [0.25, 0.3) is 0 Å². The predicted octanol–water partition coefficient (Wildman–Crippen LogP) is 2.61. The van der Waals surface area contributed by atoms with Gasteiger partial charge < -0.3 is 0 Å². The summed E-state index contributed by atoms with van der Waals surface area (Å²) in [6.45, 7) is 9.47. The highest BCUT2D eigenvalue weighted by Crippen LogP contribution is 2.32. The van der Waals surface area contributed by atoms with Crippen molar-refractivity contribution >= 4 is 11.8 Å². The van der Waals surface area contributed by atoms with Crippen molar-refractivity contribution in [1.29, 1.82) is 0 Å². The first-order valence-electron chi connectivity index (χ1n) is 5.12. The highest BCUT2D eigenvalue weighted by molar-refractivity contribution is 7.99. The number of nitrogens with zero attached hydrogens (tertiary/aromatic N) is 1. The Morgan fingerprint density at radius 2 is 1.92 bits per heavy atom. The van der Waals surface area contributed by atoms with E-state index in [9.17, 15) is 0 Å². The molecule has 0 radical (unpaired) electrons. The highest BCUT2D eigenvalue weighted by Gasteiger charge is 2.34. The molecule has 2 heteroatoms. The van der Waals surface area contributed by atoms with E-state index in [0.29, 0.717) is 5.54 Å². The second kappa shape index (κ2) is 4.52. The molecule has 0 aliphatic carbocycles. The van der Waals surface area contributed by atoms with Crippen molar-refractivity contribution < 1.29 is 0 Å². The number of hydrogen-bond acceptors (Lipinski definition) is 2. The maximum atomic E-state index is 2.67. The van der Waals surface area contributed by atoms with Gasteiger partial charge in [-0.3, -0.25) is 4.90 Å². The lowest BCUT2D eigenvalue weighted by Gasteiger charge is -2.46. The molecule has 0 unspecified atom stereocenters. The molecule has 1 heterocycles. The fraction of sp³-hybridized carbons (Fsp3) is 1.00. The Bertz CT molecular complexity index is 132. The first-order valence-corrected chi connectivity index (χ1v) is 6.27. The van der Waals surface area contributed by atoms with E-state index in [-0.39, 0.29) is 0 Å². The van der Waals surface area contributed by atoms with Crippen LogP contribution in [0.15, 0.2) is 0 Å². The van der Waals surface area contributed by atoms with Gasteiger partial charge in [-0.25, -0.2) is 0 Å².